The summed E-state index contributed by atoms with van der Waals surface area (Å²) >= 11 is 0. The lowest BCUT2D eigenvalue weighted by molar-refractivity contribution is -0.122. The molecule has 1 aliphatic heterocycles. The minimum Gasteiger partial charge on any atom is -0.357 e. The van der Waals surface area contributed by atoms with Gasteiger partial charge in [-0.25, -0.2) is 8.42 Å². The third-order valence-corrected chi connectivity index (χ3v) is 6.31. The summed E-state index contributed by atoms with van der Waals surface area (Å²) in [5, 5.41) is 5.27. The van der Waals surface area contributed by atoms with E-state index in [2.05, 4.69) is 10.6 Å². The summed E-state index contributed by atoms with van der Waals surface area (Å²) in [6, 6.07) is 5.23. The molecule has 0 saturated carbocycles. The van der Waals surface area contributed by atoms with Crippen molar-refractivity contribution in [3.8, 4) is 0 Å². The van der Waals surface area contributed by atoms with E-state index < -0.39 is 22.0 Å². The molecule has 2 N–H and O–H groups in total. The molecule has 1 aromatic rings. The van der Waals surface area contributed by atoms with E-state index >= 15 is 0 Å². The van der Waals surface area contributed by atoms with Crippen molar-refractivity contribution in [3.63, 3.8) is 0 Å². The number of nitrogens with one attached hydrogen (secondary N) is 2. The fraction of sp³-hybridized carbons (Fsp3) is 0.556. The molecule has 1 aliphatic rings. The Morgan fingerprint density at radius 3 is 2.19 bits per heavy atom. The molecule has 26 heavy (non-hydrogen) atoms. The van der Waals surface area contributed by atoms with Gasteiger partial charge >= 0.3 is 0 Å². The molecular weight excluding hydrogens is 354 g/mol. The number of carbonyl (C=O) groups excluding carboxylic acids is 2. The van der Waals surface area contributed by atoms with Crippen LogP contribution in [0.4, 0.5) is 0 Å². The van der Waals surface area contributed by atoms with Gasteiger partial charge in [-0.3, -0.25) is 9.59 Å². The molecule has 1 atom stereocenters. The van der Waals surface area contributed by atoms with Crippen molar-refractivity contribution in [1.29, 1.82) is 0 Å². The van der Waals surface area contributed by atoms with Crippen LogP contribution in [0.25, 0.3) is 0 Å². The number of hydrogen-bond donors (Lipinski definition) is 2. The van der Waals surface area contributed by atoms with Crippen LogP contribution >= 0.6 is 0 Å². The molecule has 2 rings (SSSR count). The Bertz CT molecular complexity index is 738. The first-order valence-electron chi connectivity index (χ1n) is 8.88. The van der Waals surface area contributed by atoms with Crippen LogP contribution in [0.15, 0.2) is 29.2 Å². The van der Waals surface area contributed by atoms with E-state index in [-0.39, 0.29) is 16.7 Å². The van der Waals surface area contributed by atoms with Gasteiger partial charge in [0.1, 0.15) is 6.04 Å². The first-order chi connectivity index (χ1) is 12.3. The molecule has 7 nitrogen and oxygen atoms in total. The van der Waals surface area contributed by atoms with Crippen LogP contribution in [0.2, 0.25) is 0 Å². The van der Waals surface area contributed by atoms with Gasteiger partial charge in [0, 0.05) is 25.7 Å². The number of carbonyl (C=O) groups is 2. The van der Waals surface area contributed by atoms with E-state index in [4.69, 9.17) is 0 Å². The van der Waals surface area contributed by atoms with E-state index in [1.54, 1.807) is 0 Å². The zero-order valence-electron chi connectivity index (χ0n) is 15.5. The second kappa shape index (κ2) is 8.64. The summed E-state index contributed by atoms with van der Waals surface area (Å²) < 4.78 is 26.5. The summed E-state index contributed by atoms with van der Waals surface area (Å²) in [7, 11) is -1.97. The third-order valence-electron chi connectivity index (χ3n) is 4.39. The van der Waals surface area contributed by atoms with E-state index in [0.29, 0.717) is 25.1 Å². The number of benzene rings is 1. The standard InChI is InChI=1S/C18H27N3O4S/c1-13(2)12-16(18(23)19-3)20-17(22)14-6-8-15(9-7-14)26(24,25)21-10-4-5-11-21/h6-9,13,16H,4-5,10-12H2,1-3H3,(H,19,23)(H,20,22). The summed E-state index contributed by atoms with van der Waals surface area (Å²) in [6.07, 6.45) is 2.26. The monoisotopic (exact) mass is 381 g/mol. The molecule has 144 valence electrons. The van der Waals surface area contributed by atoms with Gasteiger partial charge in [-0.15, -0.1) is 0 Å². The number of likely N-dealkylation sites (N-methyl/N-ethyl adjacent to an activating group) is 1. The molecule has 0 spiro atoms. The summed E-state index contributed by atoms with van der Waals surface area (Å²) in [5.74, 6) is -0.407. The van der Waals surface area contributed by atoms with Crippen LogP contribution in [-0.4, -0.2) is 50.7 Å². The van der Waals surface area contributed by atoms with Crippen LogP contribution < -0.4 is 10.6 Å². The Labute approximate surface area is 155 Å². The highest BCUT2D eigenvalue weighted by molar-refractivity contribution is 7.89. The Balaban J connectivity index is 2.11. The summed E-state index contributed by atoms with van der Waals surface area (Å²) in [6.45, 7) is 5.02. The van der Waals surface area contributed by atoms with Gasteiger partial charge < -0.3 is 10.6 Å². The fourth-order valence-corrected chi connectivity index (χ4v) is 4.49. The Hall–Kier alpha value is -1.93. The molecule has 1 unspecified atom stereocenters. The van der Waals surface area contributed by atoms with Gasteiger partial charge in [0.2, 0.25) is 15.9 Å². The van der Waals surface area contributed by atoms with Crippen molar-refractivity contribution in [2.45, 2.75) is 44.0 Å². The normalized spacial score (nSPS) is 16.5. The van der Waals surface area contributed by atoms with Gasteiger partial charge in [-0.2, -0.15) is 4.31 Å². The number of rotatable bonds is 7. The lowest BCUT2D eigenvalue weighted by Gasteiger charge is -2.19. The van der Waals surface area contributed by atoms with Crippen LogP contribution in [-0.2, 0) is 14.8 Å². The molecule has 1 heterocycles. The molecule has 1 fully saturated rings. The summed E-state index contributed by atoms with van der Waals surface area (Å²) in [5.41, 5.74) is 0.322. The average Bonchev–Trinajstić information content (AvgIpc) is 3.15. The van der Waals surface area contributed by atoms with Crippen molar-refractivity contribution in [2.24, 2.45) is 5.92 Å². The zero-order valence-corrected chi connectivity index (χ0v) is 16.3. The average molecular weight is 381 g/mol. The molecule has 8 heteroatoms. The Morgan fingerprint density at radius 2 is 1.69 bits per heavy atom. The maximum atomic E-state index is 12.5. The van der Waals surface area contributed by atoms with Crippen LogP contribution in [0.1, 0.15) is 43.5 Å². The van der Waals surface area contributed by atoms with Crippen molar-refractivity contribution in [3.05, 3.63) is 29.8 Å². The number of nitrogens with zero attached hydrogens (tertiary/aromatic N) is 1. The minimum absolute atomic E-state index is 0.181. The molecule has 0 bridgehead atoms. The highest BCUT2D eigenvalue weighted by Gasteiger charge is 2.27. The van der Waals surface area contributed by atoms with E-state index in [1.807, 2.05) is 13.8 Å². The van der Waals surface area contributed by atoms with Gasteiger partial charge in [-0.05, 0) is 49.4 Å². The van der Waals surface area contributed by atoms with Crippen LogP contribution in [0.5, 0.6) is 0 Å². The largest absolute Gasteiger partial charge is 0.357 e. The number of amides is 2. The predicted molar refractivity (Wildman–Crippen MR) is 99.2 cm³/mol. The molecule has 0 aliphatic carbocycles. The lowest BCUT2D eigenvalue weighted by Crippen LogP contribution is -2.46. The summed E-state index contributed by atoms with van der Waals surface area (Å²) in [4.78, 5) is 24.5. The van der Waals surface area contributed by atoms with E-state index in [0.717, 1.165) is 12.8 Å². The molecule has 0 aromatic heterocycles. The molecular formula is C18H27N3O4S. The van der Waals surface area contributed by atoms with Gasteiger partial charge in [0.25, 0.3) is 5.91 Å². The van der Waals surface area contributed by atoms with Crippen LogP contribution in [0.3, 0.4) is 0 Å². The molecule has 1 saturated heterocycles. The van der Waals surface area contributed by atoms with Crippen molar-refractivity contribution < 1.29 is 18.0 Å². The third kappa shape index (κ3) is 4.82. The maximum Gasteiger partial charge on any atom is 0.251 e. The molecule has 1 aromatic carbocycles. The maximum absolute atomic E-state index is 12.5. The van der Waals surface area contributed by atoms with E-state index in [9.17, 15) is 18.0 Å². The van der Waals surface area contributed by atoms with Crippen LogP contribution in [0, 0.1) is 5.92 Å². The van der Waals surface area contributed by atoms with Gasteiger partial charge in [-0.1, -0.05) is 13.8 Å². The van der Waals surface area contributed by atoms with Crippen molar-refractivity contribution in [1.82, 2.24) is 14.9 Å². The Kier molecular flexibility index (Phi) is 6.77. The highest BCUT2D eigenvalue weighted by Crippen LogP contribution is 2.21. The first kappa shape index (κ1) is 20.4. The second-order valence-electron chi connectivity index (χ2n) is 6.91. The molecule has 0 radical (unpaired) electrons. The highest BCUT2D eigenvalue weighted by atomic mass is 32.2. The topological polar surface area (TPSA) is 95.6 Å². The first-order valence-corrected chi connectivity index (χ1v) is 10.3. The SMILES string of the molecule is CNC(=O)C(CC(C)C)NC(=O)c1ccc(S(=O)(=O)N2CCCC2)cc1. The Morgan fingerprint density at radius 1 is 1.12 bits per heavy atom. The minimum atomic E-state index is -3.50. The predicted octanol–water partition coefficient (Wildman–Crippen LogP) is 1.36. The quantitative estimate of drug-likeness (QED) is 0.745. The lowest BCUT2D eigenvalue weighted by atomic mass is 10.0. The smallest absolute Gasteiger partial charge is 0.251 e. The fourth-order valence-electron chi connectivity index (χ4n) is 2.97. The van der Waals surface area contributed by atoms with Crippen molar-refractivity contribution in [2.75, 3.05) is 20.1 Å². The molecule has 2 amide bonds. The zero-order chi connectivity index (χ0) is 19.3. The number of sulfonamides is 1. The van der Waals surface area contributed by atoms with Gasteiger partial charge in [0.05, 0.1) is 4.90 Å². The second-order valence-corrected chi connectivity index (χ2v) is 8.84. The van der Waals surface area contributed by atoms with E-state index in [1.165, 1.54) is 35.6 Å². The van der Waals surface area contributed by atoms with Gasteiger partial charge in [0.15, 0.2) is 0 Å². The van der Waals surface area contributed by atoms with Crippen molar-refractivity contribution >= 4 is 21.8 Å². The number of hydrogen-bond acceptors (Lipinski definition) is 4.